The van der Waals surface area contributed by atoms with Crippen LogP contribution in [0.2, 0.25) is 0 Å². The van der Waals surface area contributed by atoms with Crippen molar-refractivity contribution in [1.82, 2.24) is 0 Å². The van der Waals surface area contributed by atoms with Crippen molar-refractivity contribution in [1.29, 1.82) is 0 Å². The third-order valence-electron chi connectivity index (χ3n) is 10.7. The Hall–Kier alpha value is -2.11. The summed E-state index contributed by atoms with van der Waals surface area (Å²) in [7, 11) is 0. The zero-order chi connectivity index (χ0) is 40.8. The van der Waals surface area contributed by atoms with Crippen LogP contribution in [-0.2, 0) is 28.6 Å². The van der Waals surface area contributed by atoms with Crippen LogP contribution >= 0.6 is 0 Å². The molecule has 0 spiro atoms. The number of unbranched alkanes of at least 4 members (excludes halogenated alkanes) is 29. The van der Waals surface area contributed by atoms with E-state index in [1.165, 1.54) is 154 Å². The molecule has 6 nitrogen and oxygen atoms in total. The van der Waals surface area contributed by atoms with E-state index in [1.807, 2.05) is 0 Å². The summed E-state index contributed by atoms with van der Waals surface area (Å²) >= 11 is 0. The molecule has 0 bridgehead atoms. The fraction of sp³-hybridized carbons (Fsp3) is 0.860. The van der Waals surface area contributed by atoms with Crippen LogP contribution in [0, 0.1) is 0 Å². The highest BCUT2D eigenvalue weighted by molar-refractivity contribution is 5.71. The molecule has 0 aliphatic heterocycles. The van der Waals surface area contributed by atoms with Crippen molar-refractivity contribution in [3.8, 4) is 0 Å². The predicted molar refractivity (Wildman–Crippen MR) is 238 cm³/mol. The molecule has 0 aliphatic carbocycles. The Morgan fingerprint density at radius 3 is 0.982 bits per heavy atom. The van der Waals surface area contributed by atoms with E-state index >= 15 is 0 Å². The number of allylic oxidation sites excluding steroid dienone is 4. The van der Waals surface area contributed by atoms with Crippen LogP contribution in [0.5, 0.6) is 0 Å². The number of hydrogen-bond acceptors (Lipinski definition) is 6. The predicted octanol–water partition coefficient (Wildman–Crippen LogP) is 15.6. The van der Waals surface area contributed by atoms with Gasteiger partial charge in [-0.05, 0) is 51.4 Å². The van der Waals surface area contributed by atoms with Gasteiger partial charge in [-0.25, -0.2) is 0 Å². The van der Waals surface area contributed by atoms with Gasteiger partial charge in [0.25, 0.3) is 0 Å². The normalized spacial score (nSPS) is 12.1. The summed E-state index contributed by atoms with van der Waals surface area (Å²) in [5.74, 6) is -0.873. The topological polar surface area (TPSA) is 78.9 Å². The quantitative estimate of drug-likeness (QED) is 0.0265. The molecule has 0 amide bonds. The van der Waals surface area contributed by atoms with Gasteiger partial charge in [-0.1, -0.05) is 212 Å². The van der Waals surface area contributed by atoms with Gasteiger partial charge in [-0.3, -0.25) is 14.4 Å². The molecule has 0 N–H and O–H groups in total. The van der Waals surface area contributed by atoms with Crippen molar-refractivity contribution in [2.75, 3.05) is 13.2 Å². The van der Waals surface area contributed by atoms with Crippen LogP contribution in [-0.4, -0.2) is 37.2 Å². The second-order valence-electron chi connectivity index (χ2n) is 16.4. The van der Waals surface area contributed by atoms with E-state index in [1.54, 1.807) is 0 Å². The lowest BCUT2D eigenvalue weighted by Gasteiger charge is -2.18. The molecule has 0 aliphatic rings. The Labute approximate surface area is 347 Å². The summed E-state index contributed by atoms with van der Waals surface area (Å²) in [4.78, 5) is 37.6. The highest BCUT2D eigenvalue weighted by Crippen LogP contribution is 2.15. The molecule has 0 aromatic rings. The third kappa shape index (κ3) is 43.0. The van der Waals surface area contributed by atoms with E-state index in [2.05, 4.69) is 45.1 Å². The van der Waals surface area contributed by atoms with E-state index in [0.717, 1.165) is 64.2 Å². The van der Waals surface area contributed by atoms with Gasteiger partial charge in [0.05, 0.1) is 0 Å². The maximum atomic E-state index is 12.7. The molecular formula is C50H92O6. The van der Waals surface area contributed by atoms with Gasteiger partial charge >= 0.3 is 17.9 Å². The second kappa shape index (κ2) is 45.6. The number of hydrogen-bond donors (Lipinski definition) is 0. The van der Waals surface area contributed by atoms with Gasteiger partial charge in [-0.15, -0.1) is 0 Å². The van der Waals surface area contributed by atoms with E-state index < -0.39 is 6.10 Å². The summed E-state index contributed by atoms with van der Waals surface area (Å²) in [5, 5.41) is 0. The molecule has 0 rings (SSSR count). The lowest BCUT2D eigenvalue weighted by atomic mass is 10.1. The van der Waals surface area contributed by atoms with Crippen molar-refractivity contribution in [3.63, 3.8) is 0 Å². The third-order valence-corrected chi connectivity index (χ3v) is 10.7. The molecule has 1 unspecified atom stereocenters. The van der Waals surface area contributed by atoms with Crippen LogP contribution < -0.4 is 0 Å². The maximum absolute atomic E-state index is 12.7. The molecule has 0 heterocycles. The molecule has 0 aromatic heterocycles. The van der Waals surface area contributed by atoms with Crippen molar-refractivity contribution >= 4 is 17.9 Å². The monoisotopic (exact) mass is 789 g/mol. The molecule has 0 fully saturated rings. The first-order valence-corrected chi connectivity index (χ1v) is 24.3. The van der Waals surface area contributed by atoms with Crippen LogP contribution in [0.4, 0.5) is 0 Å². The molecule has 328 valence electrons. The smallest absolute Gasteiger partial charge is 0.306 e. The highest BCUT2D eigenvalue weighted by atomic mass is 16.6. The largest absolute Gasteiger partial charge is 0.462 e. The molecule has 56 heavy (non-hydrogen) atoms. The first-order chi connectivity index (χ1) is 27.5. The van der Waals surface area contributed by atoms with Crippen LogP contribution in [0.3, 0.4) is 0 Å². The average molecular weight is 789 g/mol. The first kappa shape index (κ1) is 53.9. The van der Waals surface area contributed by atoms with E-state index in [4.69, 9.17) is 14.2 Å². The number of ether oxygens (including phenoxy) is 3. The zero-order valence-electron chi connectivity index (χ0n) is 37.4. The van der Waals surface area contributed by atoms with Crippen LogP contribution in [0.25, 0.3) is 0 Å². The summed E-state index contributed by atoms with van der Waals surface area (Å²) < 4.78 is 16.7. The molecule has 0 aromatic carbocycles. The minimum atomic E-state index is -0.763. The minimum absolute atomic E-state index is 0.0692. The summed E-state index contributed by atoms with van der Waals surface area (Å²) in [6.07, 6.45) is 50.3. The molecule has 0 saturated carbocycles. The number of carbonyl (C=O) groups excluding carboxylic acids is 3. The van der Waals surface area contributed by atoms with E-state index in [9.17, 15) is 14.4 Å². The van der Waals surface area contributed by atoms with Crippen LogP contribution in [0.1, 0.15) is 258 Å². The van der Waals surface area contributed by atoms with Gasteiger partial charge in [0, 0.05) is 19.3 Å². The summed E-state index contributed by atoms with van der Waals surface area (Å²) in [6, 6.07) is 0. The zero-order valence-corrected chi connectivity index (χ0v) is 37.4. The number of esters is 3. The van der Waals surface area contributed by atoms with Gasteiger partial charge in [0.2, 0.25) is 0 Å². The SMILES string of the molecule is CCCCCCC/C=C\C/C=C\CCCCCCCCCCCC(=O)OCC(COC(=O)CCCCCCCCCC)OC(=O)CCCCCCCCCCC. The molecule has 1 atom stereocenters. The van der Waals surface area contributed by atoms with Crippen molar-refractivity contribution in [2.45, 2.75) is 264 Å². The molecular weight excluding hydrogens is 697 g/mol. The number of carbonyl (C=O) groups is 3. The van der Waals surface area contributed by atoms with E-state index in [0.29, 0.717) is 19.3 Å². The van der Waals surface area contributed by atoms with E-state index in [-0.39, 0.29) is 31.1 Å². The molecule has 6 heteroatoms. The molecule has 0 saturated heterocycles. The Balaban J connectivity index is 4.17. The van der Waals surface area contributed by atoms with Crippen LogP contribution in [0.15, 0.2) is 24.3 Å². The Kier molecular flexibility index (Phi) is 43.9. The van der Waals surface area contributed by atoms with Gasteiger partial charge < -0.3 is 14.2 Å². The first-order valence-electron chi connectivity index (χ1n) is 24.3. The lowest BCUT2D eigenvalue weighted by molar-refractivity contribution is -0.167. The maximum Gasteiger partial charge on any atom is 0.306 e. The number of rotatable bonds is 44. The van der Waals surface area contributed by atoms with Crippen molar-refractivity contribution in [3.05, 3.63) is 24.3 Å². The van der Waals surface area contributed by atoms with Crippen molar-refractivity contribution in [2.24, 2.45) is 0 Å². The highest BCUT2D eigenvalue weighted by Gasteiger charge is 2.19. The summed E-state index contributed by atoms with van der Waals surface area (Å²) in [5.41, 5.74) is 0. The summed E-state index contributed by atoms with van der Waals surface area (Å²) in [6.45, 7) is 6.58. The Morgan fingerprint density at radius 2 is 0.643 bits per heavy atom. The lowest BCUT2D eigenvalue weighted by Crippen LogP contribution is -2.30. The minimum Gasteiger partial charge on any atom is -0.462 e. The fourth-order valence-corrected chi connectivity index (χ4v) is 7.00. The standard InChI is InChI=1S/C50H92O6/c1-4-7-10-13-16-19-20-21-22-23-24-25-26-27-28-29-30-32-34-37-40-43-49(52)55-46-47(45-54-48(51)42-39-36-33-18-15-12-9-6-3)56-50(53)44-41-38-35-31-17-14-11-8-5-2/h20-21,23-24,47H,4-19,22,25-46H2,1-3H3/b21-20-,24-23-. The fourth-order valence-electron chi connectivity index (χ4n) is 7.00. The second-order valence-corrected chi connectivity index (χ2v) is 16.4. The van der Waals surface area contributed by atoms with Gasteiger partial charge in [0.15, 0.2) is 6.10 Å². The Morgan fingerprint density at radius 1 is 0.357 bits per heavy atom. The van der Waals surface area contributed by atoms with Gasteiger partial charge in [0.1, 0.15) is 13.2 Å². The van der Waals surface area contributed by atoms with Crippen molar-refractivity contribution < 1.29 is 28.6 Å². The van der Waals surface area contributed by atoms with Gasteiger partial charge in [-0.2, -0.15) is 0 Å². The molecule has 0 radical (unpaired) electrons. The Bertz CT molecular complexity index is 911. The average Bonchev–Trinajstić information content (AvgIpc) is 3.19.